The molecule has 100 valence electrons. The molecule has 0 bridgehead atoms. The van der Waals surface area contributed by atoms with Gasteiger partial charge in [-0.25, -0.2) is 0 Å². The number of benzene rings is 2. The Morgan fingerprint density at radius 3 is 2.32 bits per heavy atom. The Balaban J connectivity index is 1.74. The van der Waals surface area contributed by atoms with E-state index in [2.05, 4.69) is 0 Å². The van der Waals surface area contributed by atoms with Gasteiger partial charge in [0.2, 0.25) is 0 Å². The van der Waals surface area contributed by atoms with Crippen LogP contribution in [0.1, 0.15) is 24.2 Å². The third-order valence-corrected chi connectivity index (χ3v) is 2.78. The fourth-order valence-electron chi connectivity index (χ4n) is 1.69. The molecule has 0 radical (unpaired) electrons. The first-order chi connectivity index (χ1) is 9.25. The molecule has 0 saturated heterocycles. The molecule has 1 unspecified atom stereocenters. The van der Waals surface area contributed by atoms with Gasteiger partial charge in [0.25, 0.3) is 0 Å². The zero-order valence-corrected chi connectivity index (χ0v) is 11.0. The second-order valence-corrected chi connectivity index (χ2v) is 4.34. The van der Waals surface area contributed by atoms with Gasteiger partial charge >= 0.3 is 0 Å². The van der Waals surface area contributed by atoms with E-state index in [1.807, 2.05) is 54.6 Å². The monoisotopic (exact) mass is 258 g/mol. The van der Waals surface area contributed by atoms with Crippen LogP contribution in [-0.2, 0) is 11.3 Å². The van der Waals surface area contributed by atoms with Crippen molar-refractivity contribution in [3.8, 4) is 5.75 Å². The first kappa shape index (κ1) is 13.6. The quantitative estimate of drug-likeness (QED) is 0.638. The van der Waals surface area contributed by atoms with Crippen molar-refractivity contribution in [2.45, 2.75) is 19.6 Å². The van der Waals surface area contributed by atoms with Crippen LogP contribution in [0, 0.1) is 0 Å². The molecule has 2 aromatic carbocycles. The first-order valence-corrected chi connectivity index (χ1v) is 6.28. The Labute approximate surface area is 113 Å². The number of ether oxygens (including phenoxy) is 2. The molecule has 0 fully saturated rings. The molecule has 0 aliphatic carbocycles. The summed E-state index contributed by atoms with van der Waals surface area (Å²) in [6.07, 6.45) is -0.455. The summed E-state index contributed by atoms with van der Waals surface area (Å²) in [7, 11) is 0. The van der Waals surface area contributed by atoms with Crippen LogP contribution >= 0.6 is 0 Å². The third kappa shape index (κ3) is 4.39. The fraction of sp³-hybridized carbons (Fsp3) is 0.250. The zero-order valence-electron chi connectivity index (χ0n) is 11.0. The molecular formula is C16H18O3. The van der Waals surface area contributed by atoms with Crippen molar-refractivity contribution in [2.75, 3.05) is 6.79 Å². The lowest BCUT2D eigenvalue weighted by atomic mass is 10.1. The van der Waals surface area contributed by atoms with Crippen LogP contribution in [0.15, 0.2) is 54.6 Å². The maximum absolute atomic E-state index is 9.39. The van der Waals surface area contributed by atoms with Gasteiger partial charge in [-0.3, -0.25) is 0 Å². The molecule has 3 nitrogen and oxygen atoms in total. The second kappa shape index (κ2) is 6.92. The Kier molecular flexibility index (Phi) is 4.95. The van der Waals surface area contributed by atoms with Crippen LogP contribution in [0.25, 0.3) is 0 Å². The van der Waals surface area contributed by atoms with Gasteiger partial charge in [-0.2, -0.15) is 0 Å². The summed E-state index contributed by atoms with van der Waals surface area (Å²) in [5.74, 6) is 0.734. The summed E-state index contributed by atoms with van der Waals surface area (Å²) >= 11 is 0. The number of rotatable bonds is 6. The topological polar surface area (TPSA) is 38.7 Å². The van der Waals surface area contributed by atoms with Crippen LogP contribution in [0.2, 0.25) is 0 Å². The van der Waals surface area contributed by atoms with Crippen molar-refractivity contribution >= 4 is 0 Å². The standard InChI is InChI=1S/C16H18O3/c1-13(17)15-7-9-16(10-8-15)19-12-18-11-14-5-3-2-4-6-14/h2-10,13,17H,11-12H2,1H3. The van der Waals surface area contributed by atoms with E-state index in [-0.39, 0.29) is 6.79 Å². The molecule has 0 heterocycles. The lowest BCUT2D eigenvalue weighted by Crippen LogP contribution is -2.03. The molecule has 0 amide bonds. The molecule has 3 heteroatoms. The fourth-order valence-corrected chi connectivity index (χ4v) is 1.69. The van der Waals surface area contributed by atoms with E-state index in [1.165, 1.54) is 0 Å². The summed E-state index contributed by atoms with van der Waals surface area (Å²) in [6.45, 7) is 2.48. The van der Waals surface area contributed by atoms with Crippen molar-refractivity contribution in [3.63, 3.8) is 0 Å². The summed E-state index contributed by atoms with van der Waals surface area (Å²) in [5, 5.41) is 9.39. The molecule has 1 N–H and O–H groups in total. The highest BCUT2D eigenvalue weighted by Gasteiger charge is 2.00. The van der Waals surface area contributed by atoms with Crippen molar-refractivity contribution in [3.05, 3.63) is 65.7 Å². The summed E-state index contributed by atoms with van der Waals surface area (Å²) in [6, 6.07) is 17.3. The Bertz CT molecular complexity index is 477. The largest absolute Gasteiger partial charge is 0.468 e. The van der Waals surface area contributed by atoms with Crippen LogP contribution in [0.3, 0.4) is 0 Å². The third-order valence-electron chi connectivity index (χ3n) is 2.78. The van der Waals surface area contributed by atoms with Gasteiger partial charge in [0.05, 0.1) is 12.7 Å². The van der Waals surface area contributed by atoms with E-state index >= 15 is 0 Å². The summed E-state index contributed by atoms with van der Waals surface area (Å²) < 4.78 is 10.9. The molecule has 0 spiro atoms. The van der Waals surface area contributed by atoms with Gasteiger partial charge in [0.15, 0.2) is 6.79 Å². The van der Waals surface area contributed by atoms with Crippen molar-refractivity contribution in [1.29, 1.82) is 0 Å². The van der Waals surface area contributed by atoms with Crippen molar-refractivity contribution < 1.29 is 14.6 Å². The minimum atomic E-state index is -0.455. The Hall–Kier alpha value is -1.84. The van der Waals surface area contributed by atoms with Crippen LogP contribution < -0.4 is 4.74 Å². The molecule has 2 aromatic rings. The first-order valence-electron chi connectivity index (χ1n) is 6.28. The minimum Gasteiger partial charge on any atom is -0.468 e. The average molecular weight is 258 g/mol. The molecule has 0 saturated carbocycles. The van der Waals surface area contributed by atoms with Gasteiger partial charge in [-0.1, -0.05) is 42.5 Å². The lowest BCUT2D eigenvalue weighted by Gasteiger charge is -2.09. The molecule has 0 aliphatic rings. The minimum absolute atomic E-state index is 0.211. The van der Waals surface area contributed by atoms with E-state index in [4.69, 9.17) is 9.47 Å². The lowest BCUT2D eigenvalue weighted by molar-refractivity contribution is 0.00502. The molecular weight excluding hydrogens is 240 g/mol. The number of hydrogen-bond acceptors (Lipinski definition) is 3. The highest BCUT2D eigenvalue weighted by molar-refractivity contribution is 5.28. The van der Waals surface area contributed by atoms with E-state index in [0.717, 1.165) is 16.9 Å². The summed E-state index contributed by atoms with van der Waals surface area (Å²) in [5.41, 5.74) is 1.99. The Morgan fingerprint density at radius 2 is 1.68 bits per heavy atom. The van der Waals surface area contributed by atoms with Crippen LogP contribution in [0.4, 0.5) is 0 Å². The Morgan fingerprint density at radius 1 is 1.00 bits per heavy atom. The molecule has 2 rings (SSSR count). The number of aliphatic hydroxyl groups excluding tert-OH is 1. The average Bonchev–Trinajstić information content (AvgIpc) is 2.45. The SMILES string of the molecule is CC(O)c1ccc(OCOCc2ccccc2)cc1. The van der Waals surface area contributed by atoms with Crippen molar-refractivity contribution in [2.24, 2.45) is 0 Å². The molecule has 19 heavy (non-hydrogen) atoms. The van der Waals surface area contributed by atoms with Crippen molar-refractivity contribution in [1.82, 2.24) is 0 Å². The van der Waals surface area contributed by atoms with Crippen LogP contribution in [-0.4, -0.2) is 11.9 Å². The maximum atomic E-state index is 9.39. The van der Waals surface area contributed by atoms with E-state index < -0.39 is 6.10 Å². The van der Waals surface area contributed by atoms with Gasteiger partial charge in [0, 0.05) is 0 Å². The predicted octanol–water partition coefficient (Wildman–Crippen LogP) is 3.29. The zero-order chi connectivity index (χ0) is 13.5. The predicted molar refractivity (Wildman–Crippen MR) is 73.8 cm³/mol. The number of aliphatic hydroxyl groups is 1. The van der Waals surface area contributed by atoms with Crippen LogP contribution in [0.5, 0.6) is 5.75 Å². The molecule has 0 aromatic heterocycles. The van der Waals surface area contributed by atoms with Gasteiger partial charge in [0.1, 0.15) is 5.75 Å². The number of hydrogen-bond donors (Lipinski definition) is 1. The highest BCUT2D eigenvalue weighted by atomic mass is 16.7. The van der Waals surface area contributed by atoms with E-state index in [0.29, 0.717) is 6.61 Å². The highest BCUT2D eigenvalue weighted by Crippen LogP contribution is 2.17. The van der Waals surface area contributed by atoms with Gasteiger partial charge in [-0.05, 0) is 30.2 Å². The molecule has 1 atom stereocenters. The normalized spacial score (nSPS) is 12.1. The van der Waals surface area contributed by atoms with E-state index in [9.17, 15) is 5.11 Å². The maximum Gasteiger partial charge on any atom is 0.189 e. The summed E-state index contributed by atoms with van der Waals surface area (Å²) in [4.78, 5) is 0. The second-order valence-electron chi connectivity index (χ2n) is 4.34. The van der Waals surface area contributed by atoms with Gasteiger partial charge < -0.3 is 14.6 Å². The van der Waals surface area contributed by atoms with Gasteiger partial charge in [-0.15, -0.1) is 0 Å². The smallest absolute Gasteiger partial charge is 0.189 e. The van der Waals surface area contributed by atoms with E-state index in [1.54, 1.807) is 6.92 Å². The molecule has 0 aliphatic heterocycles.